The fourth-order valence-electron chi connectivity index (χ4n) is 0.820. The van der Waals surface area contributed by atoms with Gasteiger partial charge in [0, 0.05) is 13.2 Å². The number of nitrogens with zero attached hydrogens (tertiary/aromatic N) is 2. The van der Waals surface area contributed by atoms with Crippen LogP contribution in [0.15, 0.2) is 12.3 Å². The highest BCUT2D eigenvalue weighted by Crippen LogP contribution is 2.35. The topological polar surface area (TPSA) is 38.0 Å². The lowest BCUT2D eigenvalue weighted by Crippen LogP contribution is -2.20. The molecule has 0 fully saturated rings. The van der Waals surface area contributed by atoms with Gasteiger partial charge in [-0.2, -0.15) is 13.9 Å². The van der Waals surface area contributed by atoms with Gasteiger partial charge in [0.2, 0.25) is 0 Å². The standard InChI is InChI=1S/C6H7BrF2N2O/c1-11-4(2-3-10-11)5(12)6(7,8)9/h2-3,5,12H,1H3. The smallest absolute Gasteiger partial charge is 0.332 e. The Bertz CT molecular complexity index is 271. The highest BCUT2D eigenvalue weighted by atomic mass is 79.9. The molecule has 12 heavy (non-hydrogen) atoms. The molecule has 0 radical (unpaired) electrons. The Balaban J connectivity index is 2.92. The number of aliphatic hydroxyl groups is 1. The number of aromatic nitrogens is 2. The van der Waals surface area contributed by atoms with E-state index in [0.29, 0.717) is 0 Å². The van der Waals surface area contributed by atoms with Gasteiger partial charge in [0.25, 0.3) is 0 Å². The van der Waals surface area contributed by atoms with E-state index >= 15 is 0 Å². The van der Waals surface area contributed by atoms with Crippen LogP contribution >= 0.6 is 15.9 Å². The summed E-state index contributed by atoms with van der Waals surface area (Å²) in [5.74, 6) is 0. The average Bonchev–Trinajstić information content (AvgIpc) is 2.31. The van der Waals surface area contributed by atoms with Gasteiger partial charge in [-0.1, -0.05) is 0 Å². The molecule has 1 aromatic heterocycles. The van der Waals surface area contributed by atoms with Crippen molar-refractivity contribution in [1.82, 2.24) is 9.78 Å². The van der Waals surface area contributed by atoms with E-state index in [0.717, 1.165) is 0 Å². The van der Waals surface area contributed by atoms with Crippen molar-refractivity contribution in [1.29, 1.82) is 0 Å². The van der Waals surface area contributed by atoms with E-state index < -0.39 is 10.9 Å². The molecule has 1 heterocycles. The molecule has 1 N–H and O–H groups in total. The Hall–Kier alpha value is -0.490. The van der Waals surface area contributed by atoms with E-state index in [9.17, 15) is 8.78 Å². The minimum absolute atomic E-state index is 0.0666. The maximum absolute atomic E-state index is 12.5. The lowest BCUT2D eigenvalue weighted by molar-refractivity contribution is -0.0335. The Morgan fingerprint density at radius 1 is 1.75 bits per heavy atom. The third-order valence-electron chi connectivity index (χ3n) is 1.45. The lowest BCUT2D eigenvalue weighted by Gasteiger charge is -2.15. The zero-order valence-corrected chi connectivity index (χ0v) is 7.79. The molecule has 68 valence electrons. The molecule has 1 atom stereocenters. The zero-order chi connectivity index (χ0) is 9.35. The van der Waals surface area contributed by atoms with Crippen LogP contribution in [0, 0.1) is 0 Å². The third kappa shape index (κ3) is 1.81. The molecule has 6 heteroatoms. The van der Waals surface area contributed by atoms with Crippen LogP contribution in [-0.2, 0) is 7.05 Å². The zero-order valence-electron chi connectivity index (χ0n) is 6.21. The van der Waals surface area contributed by atoms with E-state index in [4.69, 9.17) is 5.11 Å². The van der Waals surface area contributed by atoms with Crippen LogP contribution in [0.5, 0.6) is 0 Å². The normalized spacial score (nSPS) is 14.8. The Morgan fingerprint density at radius 3 is 2.67 bits per heavy atom. The second-order valence-corrected chi connectivity index (χ2v) is 3.38. The second kappa shape index (κ2) is 3.10. The van der Waals surface area contributed by atoms with Crippen molar-refractivity contribution in [3.63, 3.8) is 0 Å². The van der Waals surface area contributed by atoms with Crippen LogP contribution < -0.4 is 0 Å². The number of rotatable bonds is 2. The van der Waals surface area contributed by atoms with Crippen LogP contribution in [0.25, 0.3) is 0 Å². The molecule has 0 aliphatic heterocycles. The summed E-state index contributed by atoms with van der Waals surface area (Å²) < 4.78 is 26.2. The molecule has 0 spiro atoms. The molecule has 0 saturated carbocycles. The van der Waals surface area contributed by atoms with Gasteiger partial charge in [0.15, 0.2) is 6.10 Å². The molecule has 0 bridgehead atoms. The molecule has 0 aliphatic rings. The second-order valence-electron chi connectivity index (χ2n) is 2.32. The van der Waals surface area contributed by atoms with Gasteiger partial charge in [0.05, 0.1) is 5.69 Å². The number of hydrogen-bond acceptors (Lipinski definition) is 2. The molecule has 0 amide bonds. The van der Waals surface area contributed by atoms with Gasteiger partial charge in [-0.05, 0) is 22.0 Å². The van der Waals surface area contributed by atoms with Crippen molar-refractivity contribution < 1.29 is 13.9 Å². The van der Waals surface area contributed by atoms with Crippen LogP contribution in [0.3, 0.4) is 0 Å². The van der Waals surface area contributed by atoms with Gasteiger partial charge in [-0.15, -0.1) is 0 Å². The molecule has 0 aromatic carbocycles. The number of hydrogen-bond donors (Lipinski definition) is 1. The fraction of sp³-hybridized carbons (Fsp3) is 0.500. The van der Waals surface area contributed by atoms with Crippen molar-refractivity contribution in [2.75, 3.05) is 0 Å². The molecular weight excluding hydrogens is 234 g/mol. The van der Waals surface area contributed by atoms with Crippen LogP contribution in [0.1, 0.15) is 11.8 Å². The summed E-state index contributed by atoms with van der Waals surface area (Å²) in [5.41, 5.74) is 0.0666. The summed E-state index contributed by atoms with van der Waals surface area (Å²) >= 11 is 2.08. The first-order valence-corrected chi connectivity index (χ1v) is 3.95. The highest BCUT2D eigenvalue weighted by Gasteiger charge is 2.37. The minimum Gasteiger partial charge on any atom is -0.380 e. The van der Waals surface area contributed by atoms with Gasteiger partial charge in [-0.25, -0.2) is 0 Å². The average molecular weight is 241 g/mol. The van der Waals surface area contributed by atoms with Crippen molar-refractivity contribution >= 4 is 15.9 Å². The first-order valence-electron chi connectivity index (χ1n) is 3.15. The van der Waals surface area contributed by atoms with E-state index in [1.54, 1.807) is 0 Å². The molecular formula is C6H7BrF2N2O. The maximum Gasteiger partial charge on any atom is 0.332 e. The predicted octanol–water partition coefficient (Wildman–Crippen LogP) is 1.44. The van der Waals surface area contributed by atoms with E-state index in [1.807, 2.05) is 0 Å². The molecule has 1 aromatic rings. The van der Waals surface area contributed by atoms with E-state index in [-0.39, 0.29) is 5.69 Å². The van der Waals surface area contributed by atoms with Gasteiger partial charge in [0.1, 0.15) is 0 Å². The third-order valence-corrected chi connectivity index (χ3v) is 1.88. The Labute approximate surface area is 76.1 Å². The van der Waals surface area contributed by atoms with Crippen molar-refractivity contribution in [2.24, 2.45) is 7.05 Å². The molecule has 1 unspecified atom stereocenters. The summed E-state index contributed by atoms with van der Waals surface area (Å²) in [7, 11) is 1.48. The molecule has 0 aliphatic carbocycles. The Morgan fingerprint density at radius 2 is 2.33 bits per heavy atom. The highest BCUT2D eigenvalue weighted by molar-refractivity contribution is 9.10. The summed E-state index contributed by atoms with van der Waals surface area (Å²) in [4.78, 5) is -3.32. The summed E-state index contributed by atoms with van der Waals surface area (Å²) in [6, 6.07) is 1.33. The van der Waals surface area contributed by atoms with Crippen LogP contribution in [0.2, 0.25) is 0 Å². The van der Waals surface area contributed by atoms with E-state index in [2.05, 4.69) is 21.0 Å². The van der Waals surface area contributed by atoms with Crippen molar-refractivity contribution in [2.45, 2.75) is 10.9 Å². The number of aliphatic hydroxyl groups excluding tert-OH is 1. The SMILES string of the molecule is Cn1nccc1C(O)C(F)(F)Br. The number of halogens is 3. The minimum atomic E-state index is -3.32. The molecule has 3 nitrogen and oxygen atoms in total. The summed E-state index contributed by atoms with van der Waals surface area (Å²) in [6.45, 7) is 0. The van der Waals surface area contributed by atoms with Gasteiger partial charge < -0.3 is 5.11 Å². The van der Waals surface area contributed by atoms with Gasteiger partial charge in [-0.3, -0.25) is 4.68 Å². The summed E-state index contributed by atoms with van der Waals surface area (Å²) in [5, 5.41) is 12.7. The number of alkyl halides is 3. The van der Waals surface area contributed by atoms with Crippen LogP contribution in [0.4, 0.5) is 8.78 Å². The predicted molar refractivity (Wildman–Crippen MR) is 42.0 cm³/mol. The first-order chi connectivity index (χ1) is 5.43. The monoisotopic (exact) mass is 240 g/mol. The van der Waals surface area contributed by atoms with Gasteiger partial charge >= 0.3 is 4.83 Å². The quantitative estimate of drug-likeness (QED) is 0.795. The molecule has 0 saturated heterocycles. The van der Waals surface area contributed by atoms with E-state index in [1.165, 1.54) is 24.0 Å². The first kappa shape index (κ1) is 9.60. The lowest BCUT2D eigenvalue weighted by atomic mass is 10.2. The van der Waals surface area contributed by atoms with Crippen molar-refractivity contribution in [3.8, 4) is 0 Å². The van der Waals surface area contributed by atoms with Crippen molar-refractivity contribution in [3.05, 3.63) is 18.0 Å². The molecule has 1 rings (SSSR count). The maximum atomic E-state index is 12.5. The summed E-state index contributed by atoms with van der Waals surface area (Å²) in [6.07, 6.45) is -0.526. The van der Waals surface area contributed by atoms with Crippen LogP contribution in [-0.4, -0.2) is 19.7 Å². The largest absolute Gasteiger partial charge is 0.380 e. The fourth-order valence-corrected chi connectivity index (χ4v) is 1.05. The Kier molecular flexibility index (Phi) is 2.48. The number of aryl methyl sites for hydroxylation is 1.